The monoisotopic (exact) mass is 524 g/mol. The van der Waals surface area contributed by atoms with E-state index in [9.17, 15) is 42.1 Å². The molecule has 1 N–H and O–H groups in total. The fraction of sp³-hybridized carbons (Fsp3) is 0.143. The number of hydrogen-bond donors (Lipinski definition) is 1. The van der Waals surface area contributed by atoms with Crippen molar-refractivity contribution in [1.82, 2.24) is 9.13 Å². The van der Waals surface area contributed by atoms with Crippen LogP contribution in [0.3, 0.4) is 0 Å². The number of hydrogen-bond acceptors (Lipinski definition) is 8. The Morgan fingerprint density at radius 2 is 1.84 bits per heavy atom. The second-order valence-electron chi connectivity index (χ2n) is 7.13. The Bertz CT molecular complexity index is 1590. The minimum atomic E-state index is -5.09. The van der Waals surface area contributed by atoms with Crippen LogP contribution in [0, 0.1) is 27.3 Å². The van der Waals surface area contributed by atoms with Gasteiger partial charge in [-0.1, -0.05) is 0 Å². The summed E-state index contributed by atoms with van der Waals surface area (Å²) in [6, 6.07) is 5.89. The molecule has 0 saturated carbocycles. The average Bonchev–Trinajstić information content (AvgIpc) is 2.81. The van der Waals surface area contributed by atoms with Crippen molar-refractivity contribution in [1.29, 1.82) is 5.26 Å². The number of nitriles is 1. The van der Waals surface area contributed by atoms with E-state index in [0.29, 0.717) is 13.1 Å². The van der Waals surface area contributed by atoms with Crippen LogP contribution in [0.5, 0.6) is 17.2 Å². The van der Waals surface area contributed by atoms with Gasteiger partial charge in [0.15, 0.2) is 23.9 Å². The number of halogens is 4. The molecule has 0 aliphatic carbocycles. The maximum Gasteiger partial charge on any atom is 0.431 e. The first kappa shape index (κ1) is 26.4. The Morgan fingerprint density at radius 1 is 1.16 bits per heavy atom. The molecule has 0 atom stereocenters. The molecule has 37 heavy (non-hydrogen) atoms. The normalized spacial score (nSPS) is 11.0. The standard InChI is InChI=1S/C21H12F4N4O8/c1-27-17(21(23,24)25)7-18(30)28(20(27)33)12-6-15(13(29(34)35)5-11(12)22)37-16-4-10(8-26)2-3-14(16)36-9-19(31)32/h2-7H,9H2,1H3,(H,31,32). The van der Waals surface area contributed by atoms with E-state index in [-0.39, 0.29) is 32.6 Å². The maximum absolute atomic E-state index is 14.8. The zero-order valence-electron chi connectivity index (χ0n) is 18.3. The second-order valence-corrected chi connectivity index (χ2v) is 7.13. The molecule has 0 fully saturated rings. The fourth-order valence-corrected chi connectivity index (χ4v) is 3.08. The number of carboxylic acids is 1. The summed E-state index contributed by atoms with van der Waals surface area (Å²) in [5.74, 6) is -4.47. The van der Waals surface area contributed by atoms with Gasteiger partial charge in [0.2, 0.25) is 5.75 Å². The van der Waals surface area contributed by atoms with Crippen LogP contribution < -0.4 is 20.7 Å². The molecule has 192 valence electrons. The van der Waals surface area contributed by atoms with Gasteiger partial charge >= 0.3 is 23.5 Å². The van der Waals surface area contributed by atoms with E-state index in [4.69, 9.17) is 19.8 Å². The highest BCUT2D eigenvalue weighted by atomic mass is 19.4. The summed E-state index contributed by atoms with van der Waals surface area (Å²) in [7, 11) is 0.682. The molecule has 0 spiro atoms. The minimum Gasteiger partial charge on any atom is -0.479 e. The second kappa shape index (κ2) is 9.81. The van der Waals surface area contributed by atoms with E-state index in [1.807, 2.05) is 0 Å². The topological polar surface area (TPSA) is 167 Å². The van der Waals surface area contributed by atoms with Gasteiger partial charge in [-0.05, 0) is 12.1 Å². The molecule has 0 radical (unpaired) electrons. The quantitative estimate of drug-likeness (QED) is 0.278. The summed E-state index contributed by atoms with van der Waals surface area (Å²) in [5, 5.41) is 29.5. The number of rotatable bonds is 7. The lowest BCUT2D eigenvalue weighted by molar-refractivity contribution is -0.385. The Hall–Kier alpha value is -5.20. The summed E-state index contributed by atoms with van der Waals surface area (Å²) in [6.45, 7) is -0.879. The lowest BCUT2D eigenvalue weighted by Crippen LogP contribution is -2.41. The highest BCUT2D eigenvalue weighted by Crippen LogP contribution is 2.39. The van der Waals surface area contributed by atoms with Crippen molar-refractivity contribution in [2.75, 3.05) is 6.61 Å². The molecule has 0 saturated heterocycles. The number of aliphatic carboxylic acids is 1. The first-order chi connectivity index (χ1) is 17.2. The summed E-state index contributed by atoms with van der Waals surface area (Å²) in [5.41, 5.74) is -6.91. The maximum atomic E-state index is 14.8. The number of nitrogens with zero attached hydrogens (tertiary/aromatic N) is 4. The molecule has 0 bridgehead atoms. The third-order valence-corrected chi connectivity index (χ3v) is 4.72. The third kappa shape index (κ3) is 5.40. The number of benzene rings is 2. The molecule has 3 rings (SSSR count). The Morgan fingerprint density at radius 3 is 2.41 bits per heavy atom. The van der Waals surface area contributed by atoms with Crippen LogP contribution in [0.1, 0.15) is 11.3 Å². The van der Waals surface area contributed by atoms with Crippen molar-refractivity contribution in [3.8, 4) is 29.0 Å². The van der Waals surface area contributed by atoms with Crippen LogP contribution >= 0.6 is 0 Å². The number of carbonyl (C=O) groups is 1. The van der Waals surface area contributed by atoms with E-state index in [0.717, 1.165) is 12.1 Å². The third-order valence-electron chi connectivity index (χ3n) is 4.72. The van der Waals surface area contributed by atoms with Crippen molar-refractivity contribution in [3.05, 3.63) is 84.4 Å². The molecule has 1 heterocycles. The van der Waals surface area contributed by atoms with E-state index < -0.39 is 69.3 Å². The minimum absolute atomic E-state index is 0.00863. The molecule has 0 aliphatic rings. The smallest absolute Gasteiger partial charge is 0.431 e. The van der Waals surface area contributed by atoms with Crippen LogP contribution in [0.25, 0.3) is 5.69 Å². The highest BCUT2D eigenvalue weighted by molar-refractivity contribution is 5.68. The highest BCUT2D eigenvalue weighted by Gasteiger charge is 2.35. The molecule has 0 aliphatic heterocycles. The molecular formula is C21H12F4N4O8. The van der Waals surface area contributed by atoms with Crippen LogP contribution in [0.15, 0.2) is 46.0 Å². The van der Waals surface area contributed by atoms with Crippen molar-refractivity contribution in [3.63, 3.8) is 0 Å². The van der Waals surface area contributed by atoms with E-state index in [2.05, 4.69) is 0 Å². The van der Waals surface area contributed by atoms with E-state index in [1.54, 1.807) is 6.07 Å². The van der Waals surface area contributed by atoms with Gasteiger partial charge in [0, 0.05) is 25.2 Å². The molecule has 12 nitrogen and oxygen atoms in total. The van der Waals surface area contributed by atoms with Gasteiger partial charge in [0.05, 0.1) is 28.3 Å². The zero-order chi connectivity index (χ0) is 27.7. The number of alkyl halides is 3. The van der Waals surface area contributed by atoms with Crippen LogP contribution in [0.4, 0.5) is 23.2 Å². The zero-order valence-corrected chi connectivity index (χ0v) is 18.3. The number of nitro groups is 1. The largest absolute Gasteiger partial charge is 0.479 e. The van der Waals surface area contributed by atoms with Crippen molar-refractivity contribution >= 4 is 11.7 Å². The first-order valence-electron chi connectivity index (χ1n) is 9.69. The van der Waals surface area contributed by atoms with Gasteiger partial charge in [-0.2, -0.15) is 18.4 Å². The van der Waals surface area contributed by atoms with Crippen molar-refractivity contribution in [2.24, 2.45) is 7.05 Å². The predicted molar refractivity (Wildman–Crippen MR) is 113 cm³/mol. The number of ether oxygens (including phenoxy) is 2. The number of aromatic nitrogens is 2. The first-order valence-corrected chi connectivity index (χ1v) is 9.69. The fourth-order valence-electron chi connectivity index (χ4n) is 3.08. The molecule has 0 unspecified atom stereocenters. The average molecular weight is 524 g/mol. The van der Waals surface area contributed by atoms with Gasteiger partial charge in [-0.25, -0.2) is 18.5 Å². The Labute approximate surface area is 201 Å². The lowest BCUT2D eigenvalue weighted by atomic mass is 10.2. The van der Waals surface area contributed by atoms with Gasteiger partial charge in [-0.3, -0.25) is 19.5 Å². The van der Waals surface area contributed by atoms with E-state index in [1.165, 1.54) is 6.07 Å². The van der Waals surface area contributed by atoms with Crippen molar-refractivity contribution < 1.29 is 41.9 Å². The van der Waals surface area contributed by atoms with Crippen LogP contribution in [-0.4, -0.2) is 31.7 Å². The molecule has 16 heteroatoms. The molecule has 0 amide bonds. The van der Waals surface area contributed by atoms with Gasteiger partial charge in [0.25, 0.3) is 5.56 Å². The number of nitro benzene ring substituents is 1. The van der Waals surface area contributed by atoms with Gasteiger partial charge < -0.3 is 14.6 Å². The van der Waals surface area contributed by atoms with Crippen molar-refractivity contribution in [2.45, 2.75) is 6.18 Å². The Kier molecular flexibility index (Phi) is 7.00. The molecular weight excluding hydrogens is 512 g/mol. The molecule has 1 aromatic heterocycles. The Balaban J connectivity index is 2.25. The SMILES string of the molecule is Cn1c(C(F)(F)F)cc(=O)n(-c2cc(Oc3cc(C#N)ccc3OCC(=O)O)c([N+](=O)[O-])cc2F)c1=O. The summed E-state index contributed by atoms with van der Waals surface area (Å²) in [4.78, 5) is 46.2. The summed E-state index contributed by atoms with van der Waals surface area (Å²) in [6.07, 6.45) is -5.09. The molecule has 2 aromatic carbocycles. The lowest BCUT2D eigenvalue weighted by Gasteiger charge is -2.16. The predicted octanol–water partition coefficient (Wildman–Crippen LogP) is 2.73. The van der Waals surface area contributed by atoms with E-state index >= 15 is 0 Å². The summed E-state index contributed by atoms with van der Waals surface area (Å²) >= 11 is 0. The molecule has 3 aromatic rings. The van der Waals surface area contributed by atoms with Gasteiger partial charge in [0.1, 0.15) is 5.69 Å². The number of carboxylic acid groups (broad SMARTS) is 1. The van der Waals surface area contributed by atoms with Crippen LogP contribution in [-0.2, 0) is 18.0 Å². The summed E-state index contributed by atoms with van der Waals surface area (Å²) < 4.78 is 64.7. The van der Waals surface area contributed by atoms with Crippen LogP contribution in [0.2, 0.25) is 0 Å². The van der Waals surface area contributed by atoms with Gasteiger partial charge in [-0.15, -0.1) is 0 Å².